The molecule has 0 unspecified atom stereocenters. The molecule has 0 radical (unpaired) electrons. The highest BCUT2D eigenvalue weighted by atomic mass is 127. The van der Waals surface area contributed by atoms with Crippen molar-refractivity contribution in [2.45, 2.75) is 19.6 Å². The number of nitrogens with zero attached hydrogens (tertiary/aromatic N) is 2. The zero-order valence-corrected chi connectivity index (χ0v) is 28.9. The van der Waals surface area contributed by atoms with E-state index in [-0.39, 0.29) is 17.7 Å². The van der Waals surface area contributed by atoms with E-state index in [1.807, 2.05) is 54.6 Å². The smallest absolute Gasteiger partial charge is 0.338 e. The highest BCUT2D eigenvalue weighted by molar-refractivity contribution is 14.1. The Kier molecular flexibility index (Phi) is 9.90. The number of hydrogen-bond donors (Lipinski definition) is 0. The summed E-state index contributed by atoms with van der Waals surface area (Å²) >= 11 is 9.50. The van der Waals surface area contributed by atoms with E-state index in [1.165, 1.54) is 28.0 Å². The number of hydrogen-bond acceptors (Lipinski definition) is 7. The zero-order chi connectivity index (χ0) is 33.1. The molecule has 0 fully saturated rings. The summed E-state index contributed by atoms with van der Waals surface area (Å²) < 4.78 is 34.0. The van der Waals surface area contributed by atoms with Crippen LogP contribution in [-0.4, -0.2) is 24.3 Å². The van der Waals surface area contributed by atoms with Gasteiger partial charge in [0.05, 0.1) is 39.1 Å². The minimum Gasteiger partial charge on any atom is -0.493 e. The van der Waals surface area contributed by atoms with E-state index in [2.05, 4.69) is 22.6 Å². The van der Waals surface area contributed by atoms with Crippen molar-refractivity contribution in [2.24, 2.45) is 4.99 Å². The maximum atomic E-state index is 14.2. The standard InChI is InChI=1S/C36H27ClFIN2O5S/c1-3-45-35(43)30-31(23-9-5-4-6-10-23)40-36-41(32(30)24-12-14-26(38)15-13-24)34(42)29(47-36)19-22-17-27(39)33(28(18-22)44-2)46-20-21-8-7-11-25(37)16-21/h4-19,32H,3,20H2,1-2H3/b29-19-/t32-/m1/s1. The first kappa shape index (κ1) is 32.7. The van der Waals surface area contributed by atoms with Crippen molar-refractivity contribution < 1.29 is 23.4 Å². The molecule has 0 amide bonds. The molecule has 1 aliphatic rings. The predicted octanol–water partition coefficient (Wildman–Crippen LogP) is 6.92. The summed E-state index contributed by atoms with van der Waals surface area (Å²) in [4.78, 5) is 33.0. The number of aromatic nitrogens is 1. The first-order valence-electron chi connectivity index (χ1n) is 14.6. The first-order chi connectivity index (χ1) is 22.8. The number of rotatable bonds is 9. The minimum atomic E-state index is -0.903. The van der Waals surface area contributed by atoms with Crippen LogP contribution >= 0.6 is 45.5 Å². The topological polar surface area (TPSA) is 79.1 Å². The Hall–Kier alpha value is -4.26. The van der Waals surface area contributed by atoms with Gasteiger partial charge in [0.25, 0.3) is 5.56 Å². The average Bonchev–Trinajstić information content (AvgIpc) is 3.38. The maximum absolute atomic E-state index is 14.2. The lowest BCUT2D eigenvalue weighted by atomic mass is 9.93. The van der Waals surface area contributed by atoms with Crippen LogP contribution in [0.5, 0.6) is 11.5 Å². The SMILES string of the molecule is CCOC(=O)C1=C(c2ccccc2)N=c2s/c(=C\c3cc(I)c(OCc4cccc(Cl)c4)c(OC)c3)c(=O)n2[C@@H]1c1ccc(F)cc1. The Morgan fingerprint density at radius 2 is 1.83 bits per heavy atom. The van der Waals surface area contributed by atoms with Crippen LogP contribution in [0, 0.1) is 9.39 Å². The molecule has 7 nitrogen and oxygen atoms in total. The molecular formula is C36H27ClFIN2O5S. The number of halogens is 3. The van der Waals surface area contributed by atoms with Crippen molar-refractivity contribution in [3.63, 3.8) is 0 Å². The fourth-order valence-corrected chi connectivity index (χ4v) is 7.29. The molecule has 5 aromatic rings. The van der Waals surface area contributed by atoms with Crippen LogP contribution in [0.1, 0.15) is 35.2 Å². The molecule has 4 aromatic carbocycles. The lowest BCUT2D eigenvalue weighted by molar-refractivity contribution is -0.138. The van der Waals surface area contributed by atoms with Crippen molar-refractivity contribution in [1.82, 2.24) is 4.57 Å². The molecule has 0 bridgehead atoms. The Morgan fingerprint density at radius 1 is 1.06 bits per heavy atom. The summed E-state index contributed by atoms with van der Waals surface area (Å²) in [7, 11) is 1.56. The summed E-state index contributed by atoms with van der Waals surface area (Å²) in [6.07, 6.45) is 1.76. The van der Waals surface area contributed by atoms with E-state index in [9.17, 15) is 14.0 Å². The number of carbonyl (C=O) groups is 1. The van der Waals surface area contributed by atoms with Crippen LogP contribution in [0.25, 0.3) is 11.8 Å². The molecule has 6 rings (SSSR count). The minimum absolute atomic E-state index is 0.129. The van der Waals surface area contributed by atoms with Gasteiger partial charge >= 0.3 is 5.97 Å². The van der Waals surface area contributed by atoms with E-state index in [1.54, 1.807) is 44.4 Å². The molecule has 2 heterocycles. The van der Waals surface area contributed by atoms with Gasteiger partial charge in [-0.05, 0) is 88.7 Å². The highest BCUT2D eigenvalue weighted by Crippen LogP contribution is 2.36. The van der Waals surface area contributed by atoms with E-state index in [0.29, 0.717) is 54.8 Å². The van der Waals surface area contributed by atoms with Gasteiger partial charge in [0, 0.05) is 10.6 Å². The predicted molar refractivity (Wildman–Crippen MR) is 189 cm³/mol. The van der Waals surface area contributed by atoms with Gasteiger partial charge < -0.3 is 14.2 Å². The van der Waals surface area contributed by atoms with Gasteiger partial charge in [-0.2, -0.15) is 0 Å². The van der Waals surface area contributed by atoms with Crippen molar-refractivity contribution in [3.05, 3.63) is 153 Å². The first-order valence-corrected chi connectivity index (χ1v) is 16.8. The van der Waals surface area contributed by atoms with Gasteiger partial charge in [0.2, 0.25) is 0 Å². The maximum Gasteiger partial charge on any atom is 0.338 e. The molecule has 0 saturated heterocycles. The second kappa shape index (κ2) is 14.2. The third-order valence-corrected chi connectivity index (χ3v) is 9.40. The van der Waals surface area contributed by atoms with E-state index in [4.69, 9.17) is 30.8 Å². The molecule has 47 heavy (non-hydrogen) atoms. The van der Waals surface area contributed by atoms with Gasteiger partial charge in [-0.1, -0.05) is 77.5 Å². The molecule has 0 aliphatic carbocycles. The second-order valence-corrected chi connectivity index (χ2v) is 13.0. The van der Waals surface area contributed by atoms with Gasteiger partial charge in [-0.15, -0.1) is 0 Å². The number of benzene rings is 4. The van der Waals surface area contributed by atoms with Crippen LogP contribution < -0.4 is 24.4 Å². The number of thiazole rings is 1. The monoisotopic (exact) mass is 780 g/mol. The van der Waals surface area contributed by atoms with Gasteiger partial charge in [0.1, 0.15) is 12.4 Å². The number of fused-ring (bicyclic) bond motifs is 1. The summed E-state index contributed by atoms with van der Waals surface area (Å²) in [6, 6.07) is 25.2. The van der Waals surface area contributed by atoms with E-state index < -0.39 is 17.8 Å². The van der Waals surface area contributed by atoms with Crippen LogP contribution in [0.3, 0.4) is 0 Å². The molecule has 0 N–H and O–H groups in total. The van der Waals surface area contributed by atoms with E-state index >= 15 is 0 Å². The molecule has 0 spiro atoms. The molecule has 11 heteroatoms. The Morgan fingerprint density at radius 3 is 2.53 bits per heavy atom. The third kappa shape index (κ3) is 6.90. The number of carbonyl (C=O) groups excluding carboxylic acids is 1. The molecule has 1 aliphatic heterocycles. The fraction of sp³-hybridized carbons (Fsp3) is 0.139. The van der Waals surface area contributed by atoms with Crippen LogP contribution in [-0.2, 0) is 16.1 Å². The van der Waals surface area contributed by atoms with Crippen molar-refractivity contribution >= 4 is 63.3 Å². The largest absolute Gasteiger partial charge is 0.493 e. The average molecular weight is 781 g/mol. The molecule has 1 aromatic heterocycles. The zero-order valence-electron chi connectivity index (χ0n) is 25.2. The van der Waals surface area contributed by atoms with Gasteiger partial charge in [-0.25, -0.2) is 14.2 Å². The fourth-order valence-electron chi connectivity index (χ4n) is 5.30. The van der Waals surface area contributed by atoms with Crippen LogP contribution in [0.2, 0.25) is 5.02 Å². The molecular weight excluding hydrogens is 754 g/mol. The van der Waals surface area contributed by atoms with Gasteiger partial charge in [-0.3, -0.25) is 9.36 Å². The van der Waals surface area contributed by atoms with E-state index in [0.717, 1.165) is 9.13 Å². The Bertz CT molecular complexity index is 2180. The highest BCUT2D eigenvalue weighted by Gasteiger charge is 2.35. The number of methoxy groups -OCH3 is 1. The third-order valence-electron chi connectivity index (χ3n) is 7.38. The molecule has 0 saturated carbocycles. The van der Waals surface area contributed by atoms with Crippen molar-refractivity contribution in [2.75, 3.05) is 13.7 Å². The van der Waals surface area contributed by atoms with Crippen LogP contribution in [0.4, 0.5) is 4.39 Å². The Balaban J connectivity index is 1.49. The Labute approximate surface area is 292 Å². The lowest BCUT2D eigenvalue weighted by Gasteiger charge is -2.25. The lowest BCUT2D eigenvalue weighted by Crippen LogP contribution is -2.40. The number of esters is 1. The molecule has 1 atom stereocenters. The van der Waals surface area contributed by atoms with Crippen LogP contribution in [0.15, 0.2) is 106 Å². The summed E-state index contributed by atoms with van der Waals surface area (Å²) in [5.74, 6) is 0.0219. The van der Waals surface area contributed by atoms with Crippen molar-refractivity contribution in [1.29, 1.82) is 0 Å². The summed E-state index contributed by atoms with van der Waals surface area (Å²) in [6.45, 7) is 2.14. The van der Waals surface area contributed by atoms with Gasteiger partial charge in [0.15, 0.2) is 16.3 Å². The number of ether oxygens (including phenoxy) is 3. The molecule has 238 valence electrons. The normalized spacial score (nSPS) is 14.4. The summed E-state index contributed by atoms with van der Waals surface area (Å²) in [5.41, 5.74) is 3.08. The quantitative estimate of drug-likeness (QED) is 0.120. The second-order valence-electron chi connectivity index (χ2n) is 10.4. The summed E-state index contributed by atoms with van der Waals surface area (Å²) in [5, 5.41) is 0.622. The van der Waals surface area contributed by atoms with Crippen molar-refractivity contribution in [3.8, 4) is 11.5 Å².